The van der Waals surface area contributed by atoms with Crippen LogP contribution >= 0.6 is 12.2 Å². The first-order valence-corrected chi connectivity index (χ1v) is 5.88. The van der Waals surface area contributed by atoms with Crippen molar-refractivity contribution < 1.29 is 0 Å². The van der Waals surface area contributed by atoms with Crippen molar-refractivity contribution in [2.45, 2.75) is 25.3 Å². The number of hydrogen-bond acceptors (Lipinski definition) is 2. The van der Waals surface area contributed by atoms with Gasteiger partial charge in [0.2, 0.25) is 0 Å². The maximum Gasteiger partial charge on any atom is 0.166 e. The van der Waals surface area contributed by atoms with Crippen LogP contribution < -0.4 is 10.6 Å². The highest BCUT2D eigenvalue weighted by atomic mass is 32.1. The van der Waals surface area contributed by atoms with E-state index in [9.17, 15) is 0 Å². The van der Waals surface area contributed by atoms with Crippen LogP contribution in [0, 0.1) is 5.92 Å². The van der Waals surface area contributed by atoms with Gasteiger partial charge in [-0.25, -0.2) is 0 Å². The van der Waals surface area contributed by atoms with E-state index < -0.39 is 0 Å². The van der Waals surface area contributed by atoms with Crippen molar-refractivity contribution in [1.82, 2.24) is 15.5 Å². The van der Waals surface area contributed by atoms with Crippen LogP contribution in [0.2, 0.25) is 0 Å². The van der Waals surface area contributed by atoms with Crippen LogP contribution in [0.5, 0.6) is 0 Å². The van der Waals surface area contributed by atoms with Gasteiger partial charge in [-0.3, -0.25) is 0 Å². The number of hydrogen-bond donors (Lipinski definition) is 2. The molecule has 4 heteroatoms. The first-order valence-electron chi connectivity index (χ1n) is 5.47. The zero-order valence-corrected chi connectivity index (χ0v) is 9.57. The van der Waals surface area contributed by atoms with Gasteiger partial charge in [0.1, 0.15) is 0 Å². The third kappa shape index (κ3) is 3.10. The van der Waals surface area contributed by atoms with Crippen LogP contribution in [0.3, 0.4) is 0 Å². The molecule has 1 unspecified atom stereocenters. The Hall–Kier alpha value is -0.350. The van der Waals surface area contributed by atoms with E-state index >= 15 is 0 Å². The lowest BCUT2D eigenvalue weighted by Gasteiger charge is -2.14. The van der Waals surface area contributed by atoms with E-state index in [0.29, 0.717) is 6.04 Å². The average Bonchev–Trinajstić information content (AvgIpc) is 2.85. The van der Waals surface area contributed by atoms with Crippen LogP contribution in [-0.4, -0.2) is 42.7 Å². The highest BCUT2D eigenvalue weighted by molar-refractivity contribution is 7.80. The van der Waals surface area contributed by atoms with Crippen LogP contribution in [0.4, 0.5) is 0 Å². The van der Waals surface area contributed by atoms with Crippen LogP contribution in [0.25, 0.3) is 0 Å². The summed E-state index contributed by atoms with van der Waals surface area (Å²) in [6, 6.07) is 0.668. The molecule has 0 aromatic heterocycles. The van der Waals surface area contributed by atoms with Gasteiger partial charge in [-0.2, -0.15) is 0 Å². The fourth-order valence-corrected chi connectivity index (χ4v) is 2.14. The maximum atomic E-state index is 5.20. The Morgan fingerprint density at radius 2 is 2.21 bits per heavy atom. The van der Waals surface area contributed by atoms with E-state index in [-0.39, 0.29) is 0 Å². The topological polar surface area (TPSA) is 27.3 Å². The van der Waals surface area contributed by atoms with Gasteiger partial charge < -0.3 is 15.5 Å². The molecule has 0 aromatic rings. The molecule has 2 rings (SSSR count). The van der Waals surface area contributed by atoms with E-state index in [0.717, 1.165) is 17.6 Å². The van der Waals surface area contributed by atoms with Gasteiger partial charge in [0.25, 0.3) is 0 Å². The van der Waals surface area contributed by atoms with Gasteiger partial charge in [-0.1, -0.05) is 0 Å². The fourth-order valence-electron chi connectivity index (χ4n) is 1.89. The second-order valence-electron chi connectivity index (χ2n) is 4.55. The van der Waals surface area contributed by atoms with Crippen molar-refractivity contribution in [2.75, 3.05) is 26.7 Å². The normalized spacial score (nSPS) is 27.6. The fraction of sp³-hybridized carbons (Fsp3) is 0.900. The second-order valence-corrected chi connectivity index (χ2v) is 4.95. The van der Waals surface area contributed by atoms with Crippen LogP contribution in [0.15, 0.2) is 0 Å². The van der Waals surface area contributed by atoms with E-state index in [1.165, 1.54) is 32.4 Å². The number of thiocarbonyl (C=S) groups is 1. The first-order chi connectivity index (χ1) is 6.74. The summed E-state index contributed by atoms with van der Waals surface area (Å²) in [6.07, 6.45) is 3.87. The Bertz CT molecular complexity index is 215. The zero-order chi connectivity index (χ0) is 9.97. The minimum atomic E-state index is 0.668. The number of rotatable bonds is 3. The molecular formula is C10H19N3S. The van der Waals surface area contributed by atoms with E-state index in [2.05, 4.69) is 22.6 Å². The summed E-state index contributed by atoms with van der Waals surface area (Å²) >= 11 is 5.20. The molecule has 1 saturated carbocycles. The number of nitrogens with zero attached hydrogens (tertiary/aromatic N) is 1. The van der Waals surface area contributed by atoms with Gasteiger partial charge in [-0.05, 0) is 51.0 Å². The van der Waals surface area contributed by atoms with E-state index in [1.54, 1.807) is 0 Å². The summed E-state index contributed by atoms with van der Waals surface area (Å²) in [5, 5.41) is 7.46. The Kier molecular flexibility index (Phi) is 3.23. The van der Waals surface area contributed by atoms with Gasteiger partial charge >= 0.3 is 0 Å². The Labute approximate surface area is 91.2 Å². The standard InChI is InChI=1S/C10H19N3S/c1-13-5-4-8(7-13)6-11-10(14)12-9-2-3-9/h8-9H,2-7H2,1H3,(H2,11,12,14). The van der Waals surface area contributed by atoms with Crippen molar-refractivity contribution in [3.8, 4) is 0 Å². The van der Waals surface area contributed by atoms with Crippen molar-refractivity contribution in [3.63, 3.8) is 0 Å². The third-order valence-corrected chi connectivity index (χ3v) is 3.21. The molecule has 14 heavy (non-hydrogen) atoms. The molecule has 0 radical (unpaired) electrons. The largest absolute Gasteiger partial charge is 0.362 e. The molecule has 1 heterocycles. The van der Waals surface area contributed by atoms with E-state index in [1.807, 2.05) is 0 Å². The molecule has 0 amide bonds. The predicted octanol–water partition coefficient (Wildman–Crippen LogP) is 0.565. The molecule has 0 aromatic carbocycles. The maximum absolute atomic E-state index is 5.20. The van der Waals surface area contributed by atoms with Gasteiger partial charge in [0.15, 0.2) is 5.11 Å². The Balaban J connectivity index is 1.59. The molecular weight excluding hydrogens is 194 g/mol. The Morgan fingerprint density at radius 3 is 2.79 bits per heavy atom. The molecule has 1 aliphatic carbocycles. The van der Waals surface area contributed by atoms with Crippen molar-refractivity contribution in [1.29, 1.82) is 0 Å². The van der Waals surface area contributed by atoms with Gasteiger partial charge in [0, 0.05) is 19.1 Å². The quantitative estimate of drug-likeness (QED) is 0.670. The summed E-state index contributed by atoms with van der Waals surface area (Å²) in [6.45, 7) is 3.47. The molecule has 1 saturated heterocycles. The summed E-state index contributed by atoms with van der Waals surface area (Å²) in [5.74, 6) is 0.777. The lowest BCUT2D eigenvalue weighted by atomic mass is 10.1. The van der Waals surface area contributed by atoms with Crippen molar-refractivity contribution >= 4 is 17.3 Å². The third-order valence-electron chi connectivity index (χ3n) is 2.95. The second kappa shape index (κ2) is 4.45. The van der Waals surface area contributed by atoms with Crippen molar-refractivity contribution in [2.24, 2.45) is 5.92 Å². The molecule has 3 nitrogen and oxygen atoms in total. The Morgan fingerprint density at radius 1 is 1.43 bits per heavy atom. The van der Waals surface area contributed by atoms with E-state index in [4.69, 9.17) is 12.2 Å². The highest BCUT2D eigenvalue weighted by Gasteiger charge is 2.23. The molecule has 2 aliphatic rings. The average molecular weight is 213 g/mol. The monoisotopic (exact) mass is 213 g/mol. The van der Waals surface area contributed by atoms with Crippen molar-refractivity contribution in [3.05, 3.63) is 0 Å². The molecule has 0 spiro atoms. The minimum absolute atomic E-state index is 0.668. The highest BCUT2D eigenvalue weighted by Crippen LogP contribution is 2.18. The molecule has 2 N–H and O–H groups in total. The summed E-state index contributed by atoms with van der Waals surface area (Å²) in [7, 11) is 2.18. The summed E-state index contributed by atoms with van der Waals surface area (Å²) in [4.78, 5) is 2.38. The lowest BCUT2D eigenvalue weighted by Crippen LogP contribution is -2.39. The van der Waals surface area contributed by atoms with Crippen LogP contribution in [-0.2, 0) is 0 Å². The zero-order valence-electron chi connectivity index (χ0n) is 8.75. The molecule has 2 fully saturated rings. The summed E-state index contributed by atoms with van der Waals surface area (Å²) < 4.78 is 0. The molecule has 1 aliphatic heterocycles. The van der Waals surface area contributed by atoms with Crippen LogP contribution in [0.1, 0.15) is 19.3 Å². The SMILES string of the molecule is CN1CCC(CNC(=S)NC2CC2)C1. The summed E-state index contributed by atoms with van der Waals surface area (Å²) in [5.41, 5.74) is 0. The predicted molar refractivity (Wildman–Crippen MR) is 62.4 cm³/mol. The molecule has 0 bridgehead atoms. The molecule has 1 atom stereocenters. The lowest BCUT2D eigenvalue weighted by molar-refractivity contribution is 0.394. The first kappa shape index (κ1) is 10.2. The van der Waals surface area contributed by atoms with Gasteiger partial charge in [0.05, 0.1) is 0 Å². The number of likely N-dealkylation sites (tertiary alicyclic amines) is 1. The smallest absolute Gasteiger partial charge is 0.166 e. The number of nitrogens with one attached hydrogen (secondary N) is 2. The van der Waals surface area contributed by atoms with Gasteiger partial charge in [-0.15, -0.1) is 0 Å². The molecule has 80 valence electrons. The minimum Gasteiger partial charge on any atom is -0.362 e.